The predicted molar refractivity (Wildman–Crippen MR) is 201 cm³/mol. The number of phosphoric ester groups is 1. The quantitative estimate of drug-likeness (QED) is 0.0620. The second-order valence-electron chi connectivity index (χ2n) is 13.9. The summed E-state index contributed by atoms with van der Waals surface area (Å²) in [5.74, 6) is -0.176. The first-order chi connectivity index (χ1) is 27.8. The molecule has 3 aliphatic rings. The molecule has 0 amide bonds. The second kappa shape index (κ2) is 16.8. The summed E-state index contributed by atoms with van der Waals surface area (Å²) >= 11 is 5.26. The van der Waals surface area contributed by atoms with Gasteiger partial charge in [0.15, 0.2) is 11.2 Å². The summed E-state index contributed by atoms with van der Waals surface area (Å²) in [6.45, 7) is -3.29. The van der Waals surface area contributed by atoms with Crippen molar-refractivity contribution in [2.75, 3.05) is 25.6 Å². The number of aliphatic hydroxyl groups excluding tert-OH is 2. The third-order valence-electron chi connectivity index (χ3n) is 9.76. The first-order valence-electron chi connectivity index (χ1n) is 17.7. The van der Waals surface area contributed by atoms with Crippen LogP contribution in [0.1, 0.15) is 49.1 Å². The van der Waals surface area contributed by atoms with Crippen LogP contribution in [-0.4, -0.2) is 115 Å². The molecule has 2 unspecified atom stereocenters. The average molecular weight is 892 g/mol. The number of H-pyrrole nitrogens is 3. The highest BCUT2D eigenvalue weighted by Gasteiger charge is 2.46. The van der Waals surface area contributed by atoms with E-state index in [0.717, 1.165) is 9.13 Å². The maximum atomic E-state index is 13.3. The number of aryl methyl sites for hydroxylation is 2. The van der Waals surface area contributed by atoms with Gasteiger partial charge in [0.1, 0.15) is 43.1 Å². The van der Waals surface area contributed by atoms with E-state index in [0.29, 0.717) is 0 Å². The summed E-state index contributed by atoms with van der Waals surface area (Å²) in [6.07, 6.45) is -7.26. The minimum absolute atomic E-state index is 0.0270. The molecule has 59 heavy (non-hydrogen) atoms. The monoisotopic (exact) mass is 891 g/mol. The minimum atomic E-state index is -5.06. The highest BCUT2D eigenvalue weighted by atomic mass is 32.5. The molecule has 29 heteroatoms. The Morgan fingerprint density at radius 1 is 0.814 bits per heavy atom. The number of nitrogen functional groups attached to an aromatic ring is 1. The molecular formula is C30H39N9O17P2S. The van der Waals surface area contributed by atoms with E-state index < -0.39 is 118 Å². The van der Waals surface area contributed by atoms with E-state index in [4.69, 9.17) is 49.8 Å². The third kappa shape index (κ3) is 9.33. The van der Waals surface area contributed by atoms with Gasteiger partial charge in [-0.2, -0.15) is 4.98 Å². The average Bonchev–Trinajstić information content (AvgIpc) is 3.94. The van der Waals surface area contributed by atoms with E-state index in [9.17, 15) is 48.5 Å². The van der Waals surface area contributed by atoms with Gasteiger partial charge in [-0.15, -0.1) is 0 Å². The Morgan fingerprint density at radius 3 is 1.98 bits per heavy atom. The molecular weight excluding hydrogens is 852 g/mol. The number of phosphoric acid groups is 1. The number of ether oxygens (including phenoxy) is 3. The molecule has 0 aliphatic carbocycles. The van der Waals surface area contributed by atoms with Gasteiger partial charge in [0.2, 0.25) is 5.95 Å². The summed E-state index contributed by atoms with van der Waals surface area (Å²) in [6, 6.07) is 0. The Labute approximate surface area is 334 Å². The fourth-order valence-corrected chi connectivity index (χ4v) is 9.24. The van der Waals surface area contributed by atoms with Gasteiger partial charge in [-0.1, -0.05) is 0 Å². The molecule has 0 spiro atoms. The van der Waals surface area contributed by atoms with Crippen LogP contribution in [0, 0.1) is 13.8 Å². The zero-order valence-electron chi connectivity index (χ0n) is 30.9. The van der Waals surface area contributed by atoms with E-state index in [1.807, 2.05) is 0 Å². The number of aromatic amines is 3. The molecule has 3 saturated heterocycles. The topological polar surface area (TPSA) is 362 Å². The van der Waals surface area contributed by atoms with Crippen molar-refractivity contribution in [2.24, 2.45) is 0 Å². The Balaban J connectivity index is 1.03. The Morgan fingerprint density at radius 2 is 1.36 bits per heavy atom. The van der Waals surface area contributed by atoms with Gasteiger partial charge in [-0.25, -0.2) is 19.1 Å². The number of hydrogen-bond donors (Lipinski definition) is 8. The summed E-state index contributed by atoms with van der Waals surface area (Å²) in [5, 5.41) is 20.7. The smallest absolute Gasteiger partial charge is 0.394 e. The number of aromatic nitrogens is 8. The van der Waals surface area contributed by atoms with E-state index in [2.05, 4.69) is 24.9 Å². The van der Waals surface area contributed by atoms with Crippen LogP contribution < -0.4 is 33.8 Å². The number of imidazole rings is 1. The molecule has 3 fully saturated rings. The zero-order chi connectivity index (χ0) is 42.6. The van der Waals surface area contributed by atoms with Gasteiger partial charge in [0.05, 0.1) is 38.4 Å². The largest absolute Gasteiger partial charge is 0.472 e. The Hall–Kier alpha value is -4.05. The lowest BCUT2D eigenvalue weighted by atomic mass is 10.2. The molecule has 26 nitrogen and oxygen atoms in total. The first kappa shape index (κ1) is 43.1. The van der Waals surface area contributed by atoms with Crippen molar-refractivity contribution in [3.8, 4) is 0 Å². The number of rotatable bonds is 14. The number of hydrogen-bond acceptors (Lipinski definition) is 19. The maximum absolute atomic E-state index is 13.3. The van der Waals surface area contributed by atoms with Crippen molar-refractivity contribution in [1.82, 2.24) is 38.6 Å². The Kier molecular flexibility index (Phi) is 12.2. The molecule has 7 rings (SSSR count). The van der Waals surface area contributed by atoms with Gasteiger partial charge in [0.25, 0.3) is 16.7 Å². The molecule has 3 aliphatic heterocycles. The summed E-state index contributed by atoms with van der Waals surface area (Å²) in [4.78, 5) is 97.9. The molecule has 4 aromatic rings. The summed E-state index contributed by atoms with van der Waals surface area (Å²) < 4.78 is 56.3. The van der Waals surface area contributed by atoms with Crippen LogP contribution >= 0.6 is 14.5 Å². The fourth-order valence-electron chi connectivity index (χ4n) is 6.81. The fraction of sp³-hybridized carbons (Fsp3) is 0.567. The standard InChI is InChI=1S/C30H39N9O17P2S/c1-12-6-37(29(45)35-25(12)42)20-3-14(41)18(53-20)9-50-57(47,48)55-16-5-21(38-7-13(2)26(43)36-30(38)46)54-19(16)10-51-58(49,59)56-15-4-22(52-17(15)8-40)39-11-32-23-24(39)33-28(31)34-27(23)44/h6-7,11,14-22,40-41H,3-5,8-10H2,1-2H3,(H,47,48)(H,49,59)(H,35,42,45)(H,36,43,46)(H3,31,33,34,44)/t14-,15-,16-,17-,18-,19-,20-,21-,22-,58?/m1/s1. The lowest BCUT2D eigenvalue weighted by molar-refractivity contribution is -0.0589. The highest BCUT2D eigenvalue weighted by Crippen LogP contribution is 2.52. The van der Waals surface area contributed by atoms with E-state index in [1.54, 1.807) is 0 Å². The Bertz CT molecular complexity index is 2630. The molecule has 0 radical (unpaired) electrons. The second-order valence-corrected chi connectivity index (χ2v) is 18.1. The number of nitrogens with two attached hydrogens (primary N) is 1. The number of nitrogens with zero attached hydrogens (tertiary/aromatic N) is 5. The van der Waals surface area contributed by atoms with Gasteiger partial charge in [-0.05, 0) is 25.7 Å². The molecule has 7 heterocycles. The lowest BCUT2D eigenvalue weighted by Crippen LogP contribution is -2.33. The molecule has 0 saturated carbocycles. The van der Waals surface area contributed by atoms with E-state index >= 15 is 0 Å². The highest BCUT2D eigenvalue weighted by molar-refractivity contribution is 8.07. The zero-order valence-corrected chi connectivity index (χ0v) is 33.5. The van der Waals surface area contributed by atoms with Crippen LogP contribution in [0.15, 0.2) is 42.7 Å². The van der Waals surface area contributed by atoms with Gasteiger partial charge in [-0.3, -0.25) is 52.1 Å². The number of fused-ring (bicyclic) bond motifs is 1. The number of nitrogens with one attached hydrogen (secondary N) is 3. The van der Waals surface area contributed by atoms with E-state index in [1.165, 1.54) is 37.1 Å². The maximum Gasteiger partial charge on any atom is 0.472 e. The minimum Gasteiger partial charge on any atom is -0.394 e. The molecule has 0 bridgehead atoms. The normalized spacial score (nSPS) is 29.2. The van der Waals surface area contributed by atoms with Crippen molar-refractivity contribution >= 4 is 43.5 Å². The predicted octanol–water partition coefficient (Wildman–Crippen LogP) is -2.24. The van der Waals surface area contributed by atoms with E-state index in [-0.39, 0.29) is 47.5 Å². The van der Waals surface area contributed by atoms with Crippen LogP contribution in [0.25, 0.3) is 11.2 Å². The van der Waals surface area contributed by atoms with Gasteiger partial charge < -0.3 is 49.0 Å². The molecule has 0 aromatic carbocycles. The molecule has 4 aromatic heterocycles. The van der Waals surface area contributed by atoms with Crippen LogP contribution in [0.5, 0.6) is 0 Å². The molecule has 322 valence electrons. The van der Waals surface area contributed by atoms with Crippen molar-refractivity contribution in [3.63, 3.8) is 0 Å². The number of aliphatic hydroxyl groups is 2. The summed E-state index contributed by atoms with van der Waals surface area (Å²) in [7, 11) is -5.06. The van der Waals surface area contributed by atoms with Crippen LogP contribution in [0.3, 0.4) is 0 Å². The van der Waals surface area contributed by atoms with Crippen molar-refractivity contribution < 1.29 is 56.9 Å². The SMILES string of the molecule is Cc1cn([C@H]2C[C@@H](O)[C@@H](COP(=O)(O)O[C@@H]3C[C@H](n4cc(C)c(=O)[nH]c4=O)O[C@@H]3COP(O)(=S)O[C@@H]3C[C@H](n4cnc5c(=O)[nH]c(N)nc54)O[C@@H]3CO)O2)c(=O)[nH]c1=O. The van der Waals surface area contributed by atoms with Gasteiger partial charge in [0, 0.05) is 42.8 Å². The number of anilines is 1. The third-order valence-corrected chi connectivity index (χ3v) is 12.4. The van der Waals surface area contributed by atoms with Crippen LogP contribution in [0.4, 0.5) is 5.95 Å². The van der Waals surface area contributed by atoms with Crippen LogP contribution in [0.2, 0.25) is 0 Å². The molecule has 9 N–H and O–H groups in total. The van der Waals surface area contributed by atoms with Crippen molar-refractivity contribution in [3.05, 3.63) is 81.9 Å². The van der Waals surface area contributed by atoms with Crippen molar-refractivity contribution in [1.29, 1.82) is 0 Å². The lowest BCUT2D eigenvalue weighted by Gasteiger charge is -2.26. The first-order valence-corrected chi connectivity index (χ1v) is 21.8. The van der Waals surface area contributed by atoms with Crippen molar-refractivity contribution in [2.45, 2.75) is 88.4 Å². The van der Waals surface area contributed by atoms with Crippen LogP contribution in [-0.2, 0) is 48.7 Å². The summed E-state index contributed by atoms with van der Waals surface area (Å²) in [5.41, 5.74) is 2.58. The van der Waals surface area contributed by atoms with Gasteiger partial charge >= 0.3 is 25.9 Å². The molecule has 11 atom stereocenters.